The molecular formula is C15H20BrN3O2S. The lowest BCUT2D eigenvalue weighted by Gasteiger charge is -2.22. The Hall–Kier alpha value is -1.31. The van der Waals surface area contributed by atoms with Crippen LogP contribution in [-0.2, 0) is 12.1 Å². The van der Waals surface area contributed by atoms with Gasteiger partial charge in [-0.05, 0) is 48.0 Å². The fourth-order valence-corrected chi connectivity index (χ4v) is 3.30. The van der Waals surface area contributed by atoms with Crippen LogP contribution in [-0.4, -0.2) is 24.7 Å². The Kier molecular flexibility index (Phi) is 5.66. The number of thiophene rings is 1. The molecule has 3 N–H and O–H groups in total. The van der Waals surface area contributed by atoms with Crippen molar-refractivity contribution in [3.8, 4) is 0 Å². The van der Waals surface area contributed by atoms with E-state index < -0.39 is 5.60 Å². The quantitative estimate of drug-likeness (QED) is 0.546. The number of guanidine groups is 1. The number of nitrogens with zero attached hydrogens (tertiary/aromatic N) is 1. The van der Waals surface area contributed by atoms with Crippen LogP contribution >= 0.6 is 27.3 Å². The van der Waals surface area contributed by atoms with Gasteiger partial charge < -0.3 is 20.2 Å². The van der Waals surface area contributed by atoms with Gasteiger partial charge in [0.1, 0.15) is 17.1 Å². The Morgan fingerprint density at radius 1 is 1.45 bits per heavy atom. The molecule has 0 aromatic carbocycles. The minimum Gasteiger partial charge on any atom is -0.463 e. The molecule has 5 nitrogen and oxygen atoms in total. The summed E-state index contributed by atoms with van der Waals surface area (Å²) in [4.78, 5) is 5.35. The van der Waals surface area contributed by atoms with E-state index in [0.29, 0.717) is 24.8 Å². The van der Waals surface area contributed by atoms with Crippen LogP contribution in [0.4, 0.5) is 0 Å². The zero-order valence-corrected chi connectivity index (χ0v) is 15.2. The highest BCUT2D eigenvalue weighted by atomic mass is 79.9. The summed E-state index contributed by atoms with van der Waals surface area (Å²) in [6.45, 7) is 4.54. The highest BCUT2D eigenvalue weighted by Gasteiger charge is 2.27. The Bertz CT molecular complexity index is 649. The average molecular weight is 386 g/mol. The molecule has 2 aromatic heterocycles. The smallest absolute Gasteiger partial charge is 0.191 e. The highest BCUT2D eigenvalue weighted by molar-refractivity contribution is 9.10. The highest BCUT2D eigenvalue weighted by Crippen LogP contribution is 2.22. The summed E-state index contributed by atoms with van der Waals surface area (Å²) in [6.07, 6.45) is 0. The fourth-order valence-electron chi connectivity index (χ4n) is 1.90. The van der Waals surface area contributed by atoms with Crippen LogP contribution in [0.5, 0.6) is 0 Å². The monoisotopic (exact) mass is 385 g/mol. The molecule has 0 aliphatic rings. The Labute approximate surface area is 142 Å². The van der Waals surface area contributed by atoms with Gasteiger partial charge in [0.05, 0.1) is 13.1 Å². The number of hydrogen-bond acceptors (Lipinski definition) is 4. The minimum absolute atomic E-state index is 0.299. The summed E-state index contributed by atoms with van der Waals surface area (Å²) in [7, 11) is 1.70. The minimum atomic E-state index is -1.10. The molecule has 22 heavy (non-hydrogen) atoms. The number of rotatable bonds is 5. The van der Waals surface area contributed by atoms with Crippen LogP contribution in [0, 0.1) is 6.92 Å². The van der Waals surface area contributed by atoms with Crippen molar-refractivity contribution in [3.05, 3.63) is 44.4 Å². The Morgan fingerprint density at radius 2 is 2.23 bits per heavy atom. The van der Waals surface area contributed by atoms with E-state index in [1.807, 2.05) is 18.4 Å². The van der Waals surface area contributed by atoms with E-state index in [2.05, 4.69) is 37.6 Å². The number of hydrogen-bond donors (Lipinski definition) is 3. The molecule has 120 valence electrons. The van der Waals surface area contributed by atoms with Gasteiger partial charge in [-0.1, -0.05) is 0 Å². The number of nitrogens with one attached hydrogen (secondary N) is 2. The average Bonchev–Trinajstić information content (AvgIpc) is 3.08. The van der Waals surface area contributed by atoms with Crippen molar-refractivity contribution in [1.29, 1.82) is 0 Å². The first-order chi connectivity index (χ1) is 10.4. The second-order valence-corrected chi connectivity index (χ2v) is 7.11. The van der Waals surface area contributed by atoms with E-state index >= 15 is 0 Å². The molecule has 0 fully saturated rings. The van der Waals surface area contributed by atoms with Gasteiger partial charge in [-0.25, -0.2) is 0 Å². The second-order valence-electron chi connectivity index (χ2n) is 5.19. The summed E-state index contributed by atoms with van der Waals surface area (Å²) in [5.41, 5.74) is -1.10. The standard InChI is InChI=1S/C15H20BrN3O2S/c1-10-4-5-13(21-10)15(2,20)9-19-14(17-3)18-7-12-6-11(16)8-22-12/h4-6,8,20H,7,9H2,1-3H3,(H2,17,18,19). The van der Waals surface area contributed by atoms with E-state index in [4.69, 9.17) is 4.42 Å². The molecular weight excluding hydrogens is 366 g/mol. The first kappa shape index (κ1) is 17.1. The first-order valence-electron chi connectivity index (χ1n) is 6.87. The molecule has 2 heterocycles. The molecule has 7 heteroatoms. The molecule has 0 amide bonds. The summed E-state index contributed by atoms with van der Waals surface area (Å²) >= 11 is 5.10. The van der Waals surface area contributed by atoms with Crippen LogP contribution in [0.2, 0.25) is 0 Å². The van der Waals surface area contributed by atoms with E-state index in [1.165, 1.54) is 4.88 Å². The summed E-state index contributed by atoms with van der Waals surface area (Å²) < 4.78 is 6.57. The molecule has 0 radical (unpaired) electrons. The van der Waals surface area contributed by atoms with Crippen LogP contribution in [0.3, 0.4) is 0 Å². The van der Waals surface area contributed by atoms with Gasteiger partial charge in [-0.15, -0.1) is 11.3 Å². The van der Waals surface area contributed by atoms with E-state index in [0.717, 1.165) is 10.2 Å². The van der Waals surface area contributed by atoms with Gasteiger partial charge in [0.2, 0.25) is 0 Å². The molecule has 0 saturated carbocycles. The molecule has 1 atom stereocenters. The van der Waals surface area contributed by atoms with Gasteiger partial charge in [-0.2, -0.15) is 0 Å². The second kappa shape index (κ2) is 7.30. The fraction of sp³-hybridized carbons (Fsp3) is 0.400. The van der Waals surface area contributed by atoms with Crippen molar-refractivity contribution in [1.82, 2.24) is 10.6 Å². The predicted octanol–water partition coefficient (Wildman–Crippen LogP) is 2.98. The maximum atomic E-state index is 10.5. The third-order valence-electron chi connectivity index (χ3n) is 3.15. The van der Waals surface area contributed by atoms with Gasteiger partial charge in [0.15, 0.2) is 5.96 Å². The third-order valence-corrected chi connectivity index (χ3v) is 4.84. The predicted molar refractivity (Wildman–Crippen MR) is 93.2 cm³/mol. The van der Waals surface area contributed by atoms with Crippen molar-refractivity contribution in [3.63, 3.8) is 0 Å². The van der Waals surface area contributed by atoms with Crippen molar-refractivity contribution in [2.24, 2.45) is 4.99 Å². The summed E-state index contributed by atoms with van der Waals surface area (Å²) in [5.74, 6) is 1.95. The lowest BCUT2D eigenvalue weighted by atomic mass is 10.0. The maximum Gasteiger partial charge on any atom is 0.191 e. The molecule has 2 aromatic rings. The van der Waals surface area contributed by atoms with Crippen LogP contribution in [0.1, 0.15) is 23.3 Å². The molecule has 0 bridgehead atoms. The van der Waals surface area contributed by atoms with Crippen molar-refractivity contribution >= 4 is 33.2 Å². The molecule has 0 aliphatic carbocycles. The van der Waals surface area contributed by atoms with Crippen LogP contribution < -0.4 is 10.6 Å². The summed E-state index contributed by atoms with van der Waals surface area (Å²) in [6, 6.07) is 5.69. The molecule has 0 spiro atoms. The molecule has 0 saturated heterocycles. The third kappa shape index (κ3) is 4.59. The van der Waals surface area contributed by atoms with E-state index in [-0.39, 0.29) is 0 Å². The number of furan rings is 1. The van der Waals surface area contributed by atoms with Crippen LogP contribution in [0.15, 0.2) is 37.5 Å². The number of aliphatic imine (C=N–C) groups is 1. The Morgan fingerprint density at radius 3 is 2.77 bits per heavy atom. The summed E-state index contributed by atoms with van der Waals surface area (Å²) in [5, 5.41) is 18.9. The molecule has 0 aliphatic heterocycles. The SMILES string of the molecule is CN=C(NCc1cc(Br)cs1)NCC(C)(O)c1ccc(C)o1. The normalized spacial score (nSPS) is 14.7. The zero-order valence-electron chi connectivity index (χ0n) is 12.8. The maximum absolute atomic E-state index is 10.5. The van der Waals surface area contributed by atoms with Crippen molar-refractivity contribution < 1.29 is 9.52 Å². The van der Waals surface area contributed by atoms with E-state index in [9.17, 15) is 5.11 Å². The largest absolute Gasteiger partial charge is 0.463 e. The first-order valence-corrected chi connectivity index (χ1v) is 8.55. The molecule has 1 unspecified atom stereocenters. The van der Waals surface area contributed by atoms with Crippen molar-refractivity contribution in [2.45, 2.75) is 26.0 Å². The van der Waals surface area contributed by atoms with Gasteiger partial charge >= 0.3 is 0 Å². The van der Waals surface area contributed by atoms with E-state index in [1.54, 1.807) is 31.4 Å². The number of halogens is 1. The lowest BCUT2D eigenvalue weighted by molar-refractivity contribution is 0.0378. The number of aryl methyl sites for hydroxylation is 1. The van der Waals surface area contributed by atoms with Gasteiger partial charge in [0, 0.05) is 21.8 Å². The van der Waals surface area contributed by atoms with Crippen LogP contribution in [0.25, 0.3) is 0 Å². The van der Waals surface area contributed by atoms with Gasteiger partial charge in [-0.3, -0.25) is 4.99 Å². The molecule has 2 rings (SSSR count). The van der Waals surface area contributed by atoms with Crippen molar-refractivity contribution in [2.75, 3.05) is 13.6 Å². The Balaban J connectivity index is 1.88. The number of aliphatic hydroxyl groups is 1. The van der Waals surface area contributed by atoms with Gasteiger partial charge in [0.25, 0.3) is 0 Å². The lowest BCUT2D eigenvalue weighted by Crippen LogP contribution is -2.44. The zero-order chi connectivity index (χ0) is 16.2. The topological polar surface area (TPSA) is 69.8 Å².